The number of ether oxygens (including phenoxy) is 2. The molecule has 1 atom stereocenters. The quantitative estimate of drug-likeness (QED) is 0.685. The zero-order valence-corrected chi connectivity index (χ0v) is 11.3. The second kappa shape index (κ2) is 6.50. The van der Waals surface area contributed by atoms with Crippen molar-refractivity contribution in [3.8, 4) is 5.75 Å². The first kappa shape index (κ1) is 15.4. The number of benzene rings is 1. The number of methoxy groups -OCH3 is 2. The van der Waals surface area contributed by atoms with Crippen LogP contribution in [0.2, 0.25) is 0 Å². The first-order valence-electron chi connectivity index (χ1n) is 5.30. The van der Waals surface area contributed by atoms with Gasteiger partial charge < -0.3 is 14.6 Å². The molecular weight excluding hydrogens is 274 g/mol. The van der Waals surface area contributed by atoms with Gasteiger partial charge in [-0.3, -0.25) is 0 Å². The van der Waals surface area contributed by atoms with Crippen LogP contribution in [0.5, 0.6) is 5.75 Å². The summed E-state index contributed by atoms with van der Waals surface area (Å²) in [6.07, 6.45) is -1.55. The molecule has 0 spiro atoms. The van der Waals surface area contributed by atoms with Crippen molar-refractivity contribution in [2.75, 3.05) is 20.8 Å². The van der Waals surface area contributed by atoms with Crippen molar-refractivity contribution < 1.29 is 27.8 Å². The molecule has 19 heavy (non-hydrogen) atoms. The van der Waals surface area contributed by atoms with Crippen LogP contribution in [0.15, 0.2) is 29.2 Å². The minimum absolute atomic E-state index is 0.0242. The van der Waals surface area contributed by atoms with Crippen LogP contribution in [0.25, 0.3) is 0 Å². The number of carbonyl (C=O) groups excluding carboxylic acids is 1. The van der Waals surface area contributed by atoms with Crippen LogP contribution in [0.1, 0.15) is 0 Å². The lowest BCUT2D eigenvalue weighted by atomic mass is 10.3. The highest BCUT2D eigenvalue weighted by Crippen LogP contribution is 2.16. The molecule has 0 aliphatic heterocycles. The van der Waals surface area contributed by atoms with Gasteiger partial charge in [-0.15, -0.1) is 0 Å². The van der Waals surface area contributed by atoms with E-state index in [1.54, 1.807) is 6.07 Å². The van der Waals surface area contributed by atoms with Crippen molar-refractivity contribution >= 4 is 16.0 Å². The van der Waals surface area contributed by atoms with E-state index in [1.807, 2.05) is 0 Å². The number of carbonyl (C=O) groups is 1. The van der Waals surface area contributed by atoms with Crippen LogP contribution in [0, 0.1) is 0 Å². The van der Waals surface area contributed by atoms with Crippen molar-refractivity contribution in [3.63, 3.8) is 0 Å². The summed E-state index contributed by atoms with van der Waals surface area (Å²) in [6.45, 7) is -0.466. The average Bonchev–Trinajstić information content (AvgIpc) is 2.43. The zero-order chi connectivity index (χ0) is 14.5. The van der Waals surface area contributed by atoms with Crippen molar-refractivity contribution in [1.82, 2.24) is 4.72 Å². The highest BCUT2D eigenvalue weighted by atomic mass is 32.2. The molecule has 1 aromatic rings. The number of aliphatic hydroxyl groups excluding tert-OH is 1. The number of nitrogens with one attached hydrogen (secondary N) is 1. The monoisotopic (exact) mass is 289 g/mol. The van der Waals surface area contributed by atoms with E-state index in [9.17, 15) is 18.3 Å². The third-order valence-corrected chi connectivity index (χ3v) is 3.71. The van der Waals surface area contributed by atoms with E-state index in [0.29, 0.717) is 5.75 Å². The first-order chi connectivity index (χ1) is 8.90. The molecule has 0 aliphatic carbocycles. The van der Waals surface area contributed by atoms with E-state index in [0.717, 1.165) is 7.11 Å². The summed E-state index contributed by atoms with van der Waals surface area (Å²) >= 11 is 0. The maximum absolute atomic E-state index is 11.9. The van der Waals surface area contributed by atoms with Gasteiger partial charge in [0, 0.05) is 12.6 Å². The largest absolute Gasteiger partial charge is 0.497 e. The van der Waals surface area contributed by atoms with Gasteiger partial charge in [-0.2, -0.15) is 0 Å². The van der Waals surface area contributed by atoms with Gasteiger partial charge >= 0.3 is 5.97 Å². The summed E-state index contributed by atoms with van der Waals surface area (Å²) in [7, 11) is -1.31. The molecule has 0 saturated carbocycles. The molecule has 0 aromatic heterocycles. The summed E-state index contributed by atoms with van der Waals surface area (Å²) in [5.41, 5.74) is 0. The van der Waals surface area contributed by atoms with Gasteiger partial charge in [0.2, 0.25) is 10.0 Å². The third kappa shape index (κ3) is 4.19. The van der Waals surface area contributed by atoms with Gasteiger partial charge in [0.25, 0.3) is 0 Å². The predicted octanol–water partition coefficient (Wildman–Crippen LogP) is -0.493. The Morgan fingerprint density at radius 2 is 2.11 bits per heavy atom. The average molecular weight is 289 g/mol. The van der Waals surface area contributed by atoms with Crippen LogP contribution < -0.4 is 9.46 Å². The Morgan fingerprint density at radius 1 is 1.42 bits per heavy atom. The SMILES string of the molecule is COC(=O)C(O)CNS(=O)(=O)c1cccc(OC)c1. The van der Waals surface area contributed by atoms with Crippen LogP contribution in [-0.2, 0) is 19.6 Å². The van der Waals surface area contributed by atoms with Crippen LogP contribution in [0.4, 0.5) is 0 Å². The summed E-state index contributed by atoms with van der Waals surface area (Å²) in [5, 5.41) is 9.30. The second-order valence-electron chi connectivity index (χ2n) is 3.57. The molecule has 0 saturated heterocycles. The molecule has 2 N–H and O–H groups in total. The topological polar surface area (TPSA) is 102 Å². The molecule has 0 heterocycles. The number of hydrogen-bond donors (Lipinski definition) is 2. The summed E-state index contributed by atoms with van der Waals surface area (Å²) in [6, 6.07) is 5.81. The van der Waals surface area contributed by atoms with Gasteiger partial charge in [-0.05, 0) is 12.1 Å². The highest BCUT2D eigenvalue weighted by molar-refractivity contribution is 7.89. The lowest BCUT2D eigenvalue weighted by Gasteiger charge is -2.11. The van der Waals surface area contributed by atoms with Crippen LogP contribution in [-0.4, -0.2) is 46.4 Å². The van der Waals surface area contributed by atoms with E-state index in [1.165, 1.54) is 25.3 Å². The normalized spacial score (nSPS) is 12.8. The zero-order valence-electron chi connectivity index (χ0n) is 10.5. The van der Waals surface area contributed by atoms with Gasteiger partial charge in [0.05, 0.1) is 19.1 Å². The molecule has 0 bridgehead atoms. The number of esters is 1. The van der Waals surface area contributed by atoms with Crippen LogP contribution >= 0.6 is 0 Å². The lowest BCUT2D eigenvalue weighted by molar-refractivity contribution is -0.149. The fourth-order valence-electron chi connectivity index (χ4n) is 1.26. The molecule has 7 nitrogen and oxygen atoms in total. The van der Waals surface area contributed by atoms with E-state index in [2.05, 4.69) is 9.46 Å². The van der Waals surface area contributed by atoms with Gasteiger partial charge in [-0.1, -0.05) is 6.07 Å². The molecule has 0 fully saturated rings. The van der Waals surface area contributed by atoms with Crippen molar-refractivity contribution in [2.24, 2.45) is 0 Å². The number of sulfonamides is 1. The summed E-state index contributed by atoms with van der Waals surface area (Å²) in [4.78, 5) is 10.9. The maximum Gasteiger partial charge on any atom is 0.336 e. The van der Waals surface area contributed by atoms with Gasteiger partial charge in [-0.25, -0.2) is 17.9 Å². The molecule has 0 aliphatic rings. The second-order valence-corrected chi connectivity index (χ2v) is 5.34. The minimum Gasteiger partial charge on any atom is -0.497 e. The first-order valence-corrected chi connectivity index (χ1v) is 6.78. The van der Waals surface area contributed by atoms with Gasteiger partial charge in [0.1, 0.15) is 5.75 Å². The van der Waals surface area contributed by atoms with Crippen molar-refractivity contribution in [3.05, 3.63) is 24.3 Å². The lowest BCUT2D eigenvalue weighted by Crippen LogP contribution is -2.37. The van der Waals surface area contributed by atoms with E-state index in [-0.39, 0.29) is 4.90 Å². The van der Waals surface area contributed by atoms with E-state index < -0.39 is 28.6 Å². The Balaban J connectivity index is 2.78. The molecular formula is C11H15NO6S. The van der Waals surface area contributed by atoms with Gasteiger partial charge in [0.15, 0.2) is 6.10 Å². The maximum atomic E-state index is 11.9. The molecule has 1 aromatic carbocycles. The smallest absolute Gasteiger partial charge is 0.336 e. The fraction of sp³-hybridized carbons (Fsp3) is 0.364. The number of hydrogen-bond acceptors (Lipinski definition) is 6. The van der Waals surface area contributed by atoms with Crippen molar-refractivity contribution in [2.45, 2.75) is 11.0 Å². The molecule has 0 radical (unpaired) electrons. The van der Waals surface area contributed by atoms with Crippen molar-refractivity contribution in [1.29, 1.82) is 0 Å². The van der Waals surface area contributed by atoms with E-state index >= 15 is 0 Å². The minimum atomic E-state index is -3.83. The summed E-state index contributed by atoms with van der Waals surface area (Å²) < 4.78 is 35.1. The Bertz CT molecular complexity index is 542. The molecule has 106 valence electrons. The van der Waals surface area contributed by atoms with E-state index in [4.69, 9.17) is 4.74 Å². The number of rotatable bonds is 6. The standard InChI is InChI=1S/C11H15NO6S/c1-17-8-4-3-5-9(6-8)19(15,16)12-7-10(13)11(14)18-2/h3-6,10,12-13H,7H2,1-2H3. The Morgan fingerprint density at radius 3 is 2.68 bits per heavy atom. The molecule has 8 heteroatoms. The number of aliphatic hydroxyl groups is 1. The molecule has 0 amide bonds. The Kier molecular flexibility index (Phi) is 5.28. The highest BCUT2D eigenvalue weighted by Gasteiger charge is 2.20. The molecule has 1 unspecified atom stereocenters. The molecule has 1 rings (SSSR count). The predicted molar refractivity (Wildman–Crippen MR) is 66.2 cm³/mol. The Hall–Kier alpha value is -1.64. The Labute approximate surface area is 111 Å². The fourth-order valence-corrected chi connectivity index (χ4v) is 2.33. The third-order valence-electron chi connectivity index (χ3n) is 2.29. The van der Waals surface area contributed by atoms with Crippen LogP contribution in [0.3, 0.4) is 0 Å². The summed E-state index contributed by atoms with van der Waals surface area (Å²) in [5.74, 6) is -0.523.